The second-order valence-corrected chi connectivity index (χ2v) is 6.25. The van der Waals surface area contributed by atoms with Crippen LogP contribution in [-0.2, 0) is 20.1 Å². The number of imidazole rings is 2. The smallest absolute Gasteiger partial charge is 0.110 e. The van der Waals surface area contributed by atoms with E-state index in [-0.39, 0.29) is 0 Å². The maximum atomic E-state index is 4.57. The first-order valence-electron chi connectivity index (χ1n) is 7.48. The Hall–Kier alpha value is -1.66. The van der Waals surface area contributed by atoms with E-state index in [1.165, 1.54) is 17.8 Å². The molecule has 21 heavy (non-hydrogen) atoms. The number of hydrogen-bond donors (Lipinski definition) is 1. The van der Waals surface area contributed by atoms with E-state index in [1.807, 2.05) is 18.7 Å². The molecule has 1 fully saturated rings. The molecule has 1 unspecified atom stereocenters. The highest BCUT2D eigenvalue weighted by atomic mass is 15.2. The van der Waals surface area contributed by atoms with Crippen molar-refractivity contribution in [1.29, 1.82) is 0 Å². The van der Waals surface area contributed by atoms with Gasteiger partial charge in [0.25, 0.3) is 0 Å². The highest BCUT2D eigenvalue weighted by Crippen LogP contribution is 2.26. The molecule has 0 bridgehead atoms. The van der Waals surface area contributed by atoms with E-state index in [1.54, 1.807) is 0 Å². The SMILES string of the molecule is CN(C)Cc1cnc(C2CCN(Cc3cncn3C)C2)[nH]1. The minimum Gasteiger partial charge on any atom is -0.345 e. The zero-order valence-electron chi connectivity index (χ0n) is 13.1. The van der Waals surface area contributed by atoms with Gasteiger partial charge in [0.15, 0.2) is 0 Å². The fourth-order valence-electron chi connectivity index (χ4n) is 2.97. The lowest BCUT2D eigenvalue weighted by Crippen LogP contribution is -2.21. The van der Waals surface area contributed by atoms with Crippen LogP contribution in [0.15, 0.2) is 18.7 Å². The van der Waals surface area contributed by atoms with Crippen molar-refractivity contribution in [2.24, 2.45) is 7.05 Å². The average Bonchev–Trinajstić information content (AvgIpc) is 3.12. The second-order valence-electron chi connectivity index (χ2n) is 6.25. The third kappa shape index (κ3) is 3.33. The van der Waals surface area contributed by atoms with Crippen LogP contribution >= 0.6 is 0 Å². The Morgan fingerprint density at radius 2 is 2.24 bits per heavy atom. The van der Waals surface area contributed by atoms with Crippen molar-refractivity contribution in [1.82, 2.24) is 29.3 Å². The van der Waals surface area contributed by atoms with Crippen molar-refractivity contribution in [3.63, 3.8) is 0 Å². The number of H-pyrrole nitrogens is 1. The van der Waals surface area contributed by atoms with E-state index in [0.29, 0.717) is 5.92 Å². The van der Waals surface area contributed by atoms with Crippen molar-refractivity contribution >= 4 is 0 Å². The molecule has 0 saturated carbocycles. The van der Waals surface area contributed by atoms with Gasteiger partial charge in [-0.15, -0.1) is 0 Å². The Labute approximate surface area is 125 Å². The summed E-state index contributed by atoms with van der Waals surface area (Å²) in [6.45, 7) is 4.08. The standard InChI is InChI=1S/C15H24N6/c1-19(2)9-13-6-17-15(18-13)12-4-5-21(8-12)10-14-7-16-11-20(14)3/h6-7,11-12H,4-5,8-10H2,1-3H3,(H,17,18). The molecule has 114 valence electrons. The lowest BCUT2D eigenvalue weighted by atomic mass is 10.1. The van der Waals surface area contributed by atoms with Gasteiger partial charge in [-0.05, 0) is 27.1 Å². The predicted molar refractivity (Wildman–Crippen MR) is 81.8 cm³/mol. The highest BCUT2D eigenvalue weighted by molar-refractivity contribution is 5.08. The Balaban J connectivity index is 1.59. The molecule has 1 aliphatic heterocycles. The summed E-state index contributed by atoms with van der Waals surface area (Å²) in [5, 5.41) is 0. The zero-order chi connectivity index (χ0) is 14.8. The molecular weight excluding hydrogens is 264 g/mol. The van der Waals surface area contributed by atoms with Crippen molar-refractivity contribution in [2.45, 2.75) is 25.4 Å². The number of nitrogens with one attached hydrogen (secondary N) is 1. The Morgan fingerprint density at radius 1 is 1.38 bits per heavy atom. The molecule has 1 aliphatic rings. The number of aromatic nitrogens is 4. The van der Waals surface area contributed by atoms with Gasteiger partial charge in [-0.1, -0.05) is 0 Å². The molecule has 0 amide bonds. The van der Waals surface area contributed by atoms with E-state index in [9.17, 15) is 0 Å². The summed E-state index contributed by atoms with van der Waals surface area (Å²) in [4.78, 5) is 16.9. The fourth-order valence-corrected chi connectivity index (χ4v) is 2.97. The van der Waals surface area contributed by atoms with Gasteiger partial charge in [0.1, 0.15) is 5.82 Å². The third-order valence-electron chi connectivity index (χ3n) is 4.10. The summed E-state index contributed by atoms with van der Waals surface area (Å²) < 4.78 is 2.09. The monoisotopic (exact) mass is 288 g/mol. The van der Waals surface area contributed by atoms with Gasteiger partial charge in [0.05, 0.1) is 12.0 Å². The van der Waals surface area contributed by atoms with Gasteiger partial charge in [0.2, 0.25) is 0 Å². The van der Waals surface area contributed by atoms with Gasteiger partial charge in [-0.25, -0.2) is 9.97 Å². The number of likely N-dealkylation sites (tertiary alicyclic amines) is 1. The first kappa shape index (κ1) is 14.3. The van der Waals surface area contributed by atoms with Gasteiger partial charge in [-0.2, -0.15) is 0 Å². The van der Waals surface area contributed by atoms with Crippen LogP contribution in [0.25, 0.3) is 0 Å². The molecule has 2 aromatic heterocycles. The van der Waals surface area contributed by atoms with Crippen LogP contribution in [-0.4, -0.2) is 56.5 Å². The molecular formula is C15H24N6. The molecule has 0 radical (unpaired) electrons. The van der Waals surface area contributed by atoms with Crippen molar-refractivity contribution < 1.29 is 0 Å². The molecule has 0 aromatic carbocycles. The lowest BCUT2D eigenvalue weighted by Gasteiger charge is -2.15. The van der Waals surface area contributed by atoms with E-state index in [2.05, 4.69) is 50.5 Å². The van der Waals surface area contributed by atoms with Crippen LogP contribution in [0.4, 0.5) is 0 Å². The Morgan fingerprint density at radius 3 is 2.95 bits per heavy atom. The first-order valence-corrected chi connectivity index (χ1v) is 7.48. The van der Waals surface area contributed by atoms with Crippen LogP contribution in [0.2, 0.25) is 0 Å². The summed E-state index contributed by atoms with van der Waals surface area (Å²) in [6, 6.07) is 0. The molecule has 0 spiro atoms. The van der Waals surface area contributed by atoms with Crippen LogP contribution in [0.3, 0.4) is 0 Å². The zero-order valence-corrected chi connectivity index (χ0v) is 13.1. The van der Waals surface area contributed by atoms with E-state index in [4.69, 9.17) is 0 Å². The van der Waals surface area contributed by atoms with E-state index >= 15 is 0 Å². The first-order chi connectivity index (χ1) is 10.1. The maximum Gasteiger partial charge on any atom is 0.110 e. The minimum atomic E-state index is 0.522. The Bertz CT molecular complexity index is 585. The lowest BCUT2D eigenvalue weighted by molar-refractivity contribution is 0.318. The van der Waals surface area contributed by atoms with Crippen molar-refractivity contribution in [3.8, 4) is 0 Å². The van der Waals surface area contributed by atoms with E-state index < -0.39 is 0 Å². The predicted octanol–water partition coefficient (Wildman–Crippen LogP) is 1.19. The molecule has 3 rings (SSSR count). The summed E-state index contributed by atoms with van der Waals surface area (Å²) in [7, 11) is 6.20. The summed E-state index contributed by atoms with van der Waals surface area (Å²) in [6.07, 6.45) is 6.96. The quantitative estimate of drug-likeness (QED) is 0.898. The normalized spacial score (nSPS) is 19.7. The minimum absolute atomic E-state index is 0.522. The van der Waals surface area contributed by atoms with Crippen LogP contribution in [0, 0.1) is 0 Å². The molecule has 1 atom stereocenters. The largest absolute Gasteiger partial charge is 0.345 e. The topological polar surface area (TPSA) is 53.0 Å². The molecule has 6 heteroatoms. The molecule has 3 heterocycles. The van der Waals surface area contributed by atoms with Gasteiger partial charge in [0, 0.05) is 50.7 Å². The summed E-state index contributed by atoms with van der Waals surface area (Å²) in [5.74, 6) is 1.66. The third-order valence-corrected chi connectivity index (χ3v) is 4.10. The molecule has 1 saturated heterocycles. The van der Waals surface area contributed by atoms with Crippen LogP contribution in [0.1, 0.15) is 29.6 Å². The van der Waals surface area contributed by atoms with Crippen LogP contribution in [0.5, 0.6) is 0 Å². The van der Waals surface area contributed by atoms with Gasteiger partial charge < -0.3 is 14.5 Å². The highest BCUT2D eigenvalue weighted by Gasteiger charge is 2.26. The second kappa shape index (κ2) is 5.99. The number of hydrogen-bond acceptors (Lipinski definition) is 4. The van der Waals surface area contributed by atoms with Gasteiger partial charge in [-0.3, -0.25) is 4.90 Å². The fraction of sp³-hybridized carbons (Fsp3) is 0.600. The number of aromatic amines is 1. The Kier molecular flexibility index (Phi) is 4.07. The summed E-state index contributed by atoms with van der Waals surface area (Å²) >= 11 is 0. The molecule has 6 nitrogen and oxygen atoms in total. The summed E-state index contributed by atoms with van der Waals surface area (Å²) in [5.41, 5.74) is 2.46. The molecule has 0 aliphatic carbocycles. The average molecular weight is 288 g/mol. The molecule has 1 N–H and O–H groups in total. The van der Waals surface area contributed by atoms with E-state index in [0.717, 1.165) is 32.0 Å². The van der Waals surface area contributed by atoms with Crippen LogP contribution < -0.4 is 0 Å². The van der Waals surface area contributed by atoms with Gasteiger partial charge >= 0.3 is 0 Å². The maximum absolute atomic E-state index is 4.57. The number of aryl methyl sites for hydroxylation is 1. The van der Waals surface area contributed by atoms with Crippen molar-refractivity contribution in [2.75, 3.05) is 27.2 Å². The van der Waals surface area contributed by atoms with Crippen molar-refractivity contribution in [3.05, 3.63) is 35.9 Å². The molecule has 2 aromatic rings. The number of nitrogens with zero attached hydrogens (tertiary/aromatic N) is 5. The number of rotatable bonds is 5.